The maximum Gasteiger partial charge on any atom is 0.154 e. The van der Waals surface area contributed by atoms with Crippen LogP contribution in [0.2, 0.25) is 0 Å². The molecular formula is C14H21N3O. The summed E-state index contributed by atoms with van der Waals surface area (Å²) in [5.41, 5.74) is 2.16. The highest BCUT2D eigenvalue weighted by molar-refractivity contribution is 5.56. The van der Waals surface area contributed by atoms with E-state index in [1.165, 1.54) is 0 Å². The average Bonchev–Trinajstić information content (AvgIpc) is 2.80. The maximum absolute atomic E-state index is 5.65. The van der Waals surface area contributed by atoms with Gasteiger partial charge in [0.15, 0.2) is 5.76 Å². The Kier molecular flexibility index (Phi) is 3.30. The summed E-state index contributed by atoms with van der Waals surface area (Å²) in [5.74, 6) is 1.74. The van der Waals surface area contributed by atoms with Crippen molar-refractivity contribution in [1.82, 2.24) is 15.1 Å². The van der Waals surface area contributed by atoms with Crippen molar-refractivity contribution in [3.8, 4) is 11.5 Å². The highest BCUT2D eigenvalue weighted by Gasteiger charge is 2.15. The van der Waals surface area contributed by atoms with Crippen molar-refractivity contribution in [2.45, 2.75) is 39.8 Å². The molecule has 0 aliphatic carbocycles. The molecule has 0 aromatic carbocycles. The van der Waals surface area contributed by atoms with E-state index in [2.05, 4.69) is 31.2 Å². The van der Waals surface area contributed by atoms with E-state index in [-0.39, 0.29) is 5.54 Å². The van der Waals surface area contributed by atoms with Crippen LogP contribution in [0.25, 0.3) is 11.5 Å². The normalized spacial score (nSPS) is 12.1. The van der Waals surface area contributed by atoms with E-state index >= 15 is 0 Å². The monoisotopic (exact) mass is 247 g/mol. The van der Waals surface area contributed by atoms with Gasteiger partial charge in [0.1, 0.15) is 11.5 Å². The molecule has 0 aliphatic heterocycles. The van der Waals surface area contributed by atoms with Gasteiger partial charge in [0, 0.05) is 30.9 Å². The zero-order chi connectivity index (χ0) is 13.3. The number of nitrogens with one attached hydrogen (secondary N) is 1. The minimum absolute atomic E-state index is 0.0895. The SMILES string of the molecule is Cc1ccc(-c2nn(C)cc2CNC(C)(C)C)o1. The lowest BCUT2D eigenvalue weighted by Gasteiger charge is -2.20. The molecule has 0 radical (unpaired) electrons. The van der Waals surface area contributed by atoms with Crippen molar-refractivity contribution < 1.29 is 4.42 Å². The molecule has 98 valence electrons. The van der Waals surface area contributed by atoms with Crippen LogP contribution < -0.4 is 5.32 Å². The Morgan fingerprint density at radius 2 is 2.06 bits per heavy atom. The van der Waals surface area contributed by atoms with Crippen molar-refractivity contribution in [3.63, 3.8) is 0 Å². The summed E-state index contributed by atoms with van der Waals surface area (Å²) >= 11 is 0. The molecule has 1 N–H and O–H groups in total. The first-order chi connectivity index (χ1) is 8.35. The number of rotatable bonds is 3. The first-order valence-electron chi connectivity index (χ1n) is 6.19. The zero-order valence-electron chi connectivity index (χ0n) is 11.7. The van der Waals surface area contributed by atoms with Gasteiger partial charge in [0.25, 0.3) is 0 Å². The highest BCUT2D eigenvalue weighted by Crippen LogP contribution is 2.24. The Labute approximate surface area is 108 Å². The third-order valence-corrected chi connectivity index (χ3v) is 2.69. The van der Waals surface area contributed by atoms with E-state index < -0.39 is 0 Å². The summed E-state index contributed by atoms with van der Waals surface area (Å²) < 4.78 is 7.48. The average molecular weight is 247 g/mol. The molecule has 0 unspecified atom stereocenters. The molecule has 0 bridgehead atoms. The molecule has 0 amide bonds. The topological polar surface area (TPSA) is 43.0 Å². The van der Waals surface area contributed by atoms with E-state index in [0.717, 1.165) is 29.3 Å². The van der Waals surface area contributed by atoms with Crippen LogP contribution in [-0.2, 0) is 13.6 Å². The predicted octanol–water partition coefficient (Wildman–Crippen LogP) is 2.88. The van der Waals surface area contributed by atoms with Crippen LogP contribution in [0.3, 0.4) is 0 Å². The van der Waals surface area contributed by atoms with Gasteiger partial charge in [-0.3, -0.25) is 4.68 Å². The molecule has 0 saturated carbocycles. The Bertz CT molecular complexity index is 531. The Hall–Kier alpha value is -1.55. The minimum atomic E-state index is 0.0895. The lowest BCUT2D eigenvalue weighted by atomic mass is 10.1. The van der Waals surface area contributed by atoms with Crippen LogP contribution in [0.5, 0.6) is 0 Å². The molecule has 2 rings (SSSR count). The number of hydrogen-bond donors (Lipinski definition) is 1. The number of furan rings is 1. The number of nitrogens with zero attached hydrogens (tertiary/aromatic N) is 2. The summed E-state index contributed by atoms with van der Waals surface area (Å²) in [5, 5.41) is 7.95. The van der Waals surface area contributed by atoms with Crippen molar-refractivity contribution in [2.24, 2.45) is 7.05 Å². The lowest BCUT2D eigenvalue weighted by Crippen LogP contribution is -2.35. The van der Waals surface area contributed by atoms with Gasteiger partial charge in [0.05, 0.1) is 0 Å². The fraction of sp³-hybridized carbons (Fsp3) is 0.500. The van der Waals surface area contributed by atoms with Gasteiger partial charge in [-0.1, -0.05) is 0 Å². The van der Waals surface area contributed by atoms with E-state index in [0.29, 0.717) is 0 Å². The van der Waals surface area contributed by atoms with E-state index in [9.17, 15) is 0 Å². The quantitative estimate of drug-likeness (QED) is 0.907. The number of hydrogen-bond acceptors (Lipinski definition) is 3. The first-order valence-corrected chi connectivity index (χ1v) is 6.19. The molecule has 0 fully saturated rings. The summed E-state index contributed by atoms with van der Waals surface area (Å²) in [6, 6.07) is 3.93. The zero-order valence-corrected chi connectivity index (χ0v) is 11.7. The molecular weight excluding hydrogens is 226 g/mol. The van der Waals surface area contributed by atoms with Gasteiger partial charge in [-0.2, -0.15) is 5.10 Å². The Morgan fingerprint density at radius 1 is 1.33 bits per heavy atom. The third kappa shape index (κ3) is 3.01. The fourth-order valence-corrected chi connectivity index (χ4v) is 1.80. The van der Waals surface area contributed by atoms with Crippen molar-refractivity contribution in [1.29, 1.82) is 0 Å². The summed E-state index contributed by atoms with van der Waals surface area (Å²) in [6.45, 7) is 9.19. The number of aryl methyl sites for hydroxylation is 2. The summed E-state index contributed by atoms with van der Waals surface area (Å²) in [7, 11) is 1.93. The predicted molar refractivity (Wildman–Crippen MR) is 72.2 cm³/mol. The molecule has 0 aliphatic rings. The smallest absolute Gasteiger partial charge is 0.154 e. The van der Waals surface area contributed by atoms with Crippen molar-refractivity contribution in [3.05, 3.63) is 29.7 Å². The van der Waals surface area contributed by atoms with Gasteiger partial charge in [0.2, 0.25) is 0 Å². The van der Waals surface area contributed by atoms with E-state index in [1.54, 1.807) is 0 Å². The summed E-state index contributed by atoms with van der Waals surface area (Å²) in [4.78, 5) is 0. The highest BCUT2D eigenvalue weighted by atomic mass is 16.3. The van der Waals surface area contributed by atoms with Crippen LogP contribution in [0.4, 0.5) is 0 Å². The molecule has 4 heteroatoms. The van der Waals surface area contributed by atoms with Crippen LogP contribution in [0.15, 0.2) is 22.7 Å². The molecule has 18 heavy (non-hydrogen) atoms. The van der Waals surface area contributed by atoms with Crippen LogP contribution in [-0.4, -0.2) is 15.3 Å². The van der Waals surface area contributed by atoms with E-state index in [1.807, 2.05) is 37.0 Å². The van der Waals surface area contributed by atoms with E-state index in [4.69, 9.17) is 4.42 Å². The van der Waals surface area contributed by atoms with Crippen LogP contribution in [0, 0.1) is 6.92 Å². The van der Waals surface area contributed by atoms with Gasteiger partial charge in [-0.15, -0.1) is 0 Å². The fourth-order valence-electron chi connectivity index (χ4n) is 1.80. The molecule has 0 saturated heterocycles. The van der Waals surface area contributed by atoms with Crippen LogP contribution >= 0.6 is 0 Å². The molecule has 2 aromatic rings. The maximum atomic E-state index is 5.65. The third-order valence-electron chi connectivity index (χ3n) is 2.69. The second-order valence-corrected chi connectivity index (χ2v) is 5.69. The molecule has 2 heterocycles. The second kappa shape index (κ2) is 4.61. The van der Waals surface area contributed by atoms with Gasteiger partial charge in [-0.05, 0) is 39.8 Å². The number of aromatic nitrogens is 2. The van der Waals surface area contributed by atoms with Gasteiger partial charge < -0.3 is 9.73 Å². The Balaban J connectivity index is 2.26. The summed E-state index contributed by atoms with van der Waals surface area (Å²) in [6.07, 6.45) is 2.03. The standard InChI is InChI=1S/C14H21N3O/c1-10-6-7-12(18-10)13-11(9-17(5)16-13)8-15-14(2,3)4/h6-7,9,15H,8H2,1-5H3. The largest absolute Gasteiger partial charge is 0.460 e. The first kappa shape index (κ1) is 12.9. The molecule has 0 atom stereocenters. The van der Waals surface area contributed by atoms with Crippen LogP contribution in [0.1, 0.15) is 32.1 Å². The van der Waals surface area contributed by atoms with Gasteiger partial charge >= 0.3 is 0 Å². The Morgan fingerprint density at radius 3 is 2.61 bits per heavy atom. The van der Waals surface area contributed by atoms with Crippen molar-refractivity contribution >= 4 is 0 Å². The van der Waals surface area contributed by atoms with Gasteiger partial charge in [-0.25, -0.2) is 0 Å². The molecule has 0 spiro atoms. The second-order valence-electron chi connectivity index (χ2n) is 5.69. The minimum Gasteiger partial charge on any atom is -0.460 e. The van der Waals surface area contributed by atoms with Crippen molar-refractivity contribution in [2.75, 3.05) is 0 Å². The molecule has 4 nitrogen and oxygen atoms in total. The lowest BCUT2D eigenvalue weighted by molar-refractivity contribution is 0.424. The molecule has 2 aromatic heterocycles.